The molecule has 2 aromatic carbocycles. The minimum atomic E-state index is -0.244. The smallest absolute Gasteiger partial charge is 0.274 e. The quantitative estimate of drug-likeness (QED) is 0.809. The molecule has 0 aliphatic carbocycles. The van der Waals surface area contributed by atoms with Gasteiger partial charge < -0.3 is 5.11 Å². The van der Waals surface area contributed by atoms with Crippen molar-refractivity contribution in [2.24, 2.45) is 0 Å². The second-order valence-corrected chi connectivity index (χ2v) is 5.18. The lowest BCUT2D eigenvalue weighted by Gasteiger charge is -2.10. The highest BCUT2D eigenvalue weighted by atomic mass is 35.5. The summed E-state index contributed by atoms with van der Waals surface area (Å²) in [5.74, 6) is 0. The van der Waals surface area contributed by atoms with Crippen LogP contribution in [-0.2, 0) is 13.2 Å². The second-order valence-electron chi connectivity index (χ2n) is 4.74. The van der Waals surface area contributed by atoms with Crippen molar-refractivity contribution in [1.82, 2.24) is 9.78 Å². The number of aliphatic hydroxyl groups is 1. The van der Waals surface area contributed by atoms with E-state index in [1.165, 1.54) is 4.68 Å². The van der Waals surface area contributed by atoms with Crippen LogP contribution in [0, 0.1) is 0 Å². The van der Waals surface area contributed by atoms with Crippen molar-refractivity contribution in [3.05, 3.63) is 75.2 Å². The number of hydrogen-bond donors (Lipinski definition) is 1. The van der Waals surface area contributed by atoms with Crippen molar-refractivity contribution in [2.75, 3.05) is 0 Å². The first-order chi connectivity index (χ1) is 10.2. The monoisotopic (exact) mass is 300 g/mol. The third kappa shape index (κ3) is 2.68. The summed E-state index contributed by atoms with van der Waals surface area (Å²) in [6, 6.07) is 14.6. The number of aromatic nitrogens is 2. The van der Waals surface area contributed by atoms with Crippen LogP contribution in [0.2, 0.25) is 5.02 Å². The summed E-state index contributed by atoms with van der Waals surface area (Å²) < 4.78 is 1.37. The third-order valence-corrected chi connectivity index (χ3v) is 3.56. The first kappa shape index (κ1) is 13.8. The Bertz CT molecular complexity index is 844. The highest BCUT2D eigenvalue weighted by Crippen LogP contribution is 2.19. The Morgan fingerprint density at radius 1 is 1.10 bits per heavy atom. The van der Waals surface area contributed by atoms with E-state index in [0.717, 1.165) is 5.56 Å². The van der Waals surface area contributed by atoms with Crippen LogP contribution in [0.1, 0.15) is 11.3 Å². The molecule has 3 rings (SSSR count). The summed E-state index contributed by atoms with van der Waals surface area (Å²) in [6.45, 7) is 0.122. The summed E-state index contributed by atoms with van der Waals surface area (Å²) in [5, 5.41) is 15.4. The standard InChI is InChI=1S/C16H13ClN2O2/c17-12-6-7-13-14(8-12)15(10-20)18-19(16(13)21)9-11-4-2-1-3-5-11/h1-8,20H,9-10H2. The van der Waals surface area contributed by atoms with Gasteiger partial charge >= 0.3 is 0 Å². The normalized spacial score (nSPS) is 11.0. The molecule has 0 aliphatic rings. The van der Waals surface area contributed by atoms with Gasteiger partial charge in [0.1, 0.15) is 0 Å². The van der Waals surface area contributed by atoms with Gasteiger partial charge in [-0.2, -0.15) is 5.10 Å². The van der Waals surface area contributed by atoms with Gasteiger partial charge in [0.15, 0.2) is 0 Å². The first-order valence-corrected chi connectivity index (χ1v) is 6.91. The minimum Gasteiger partial charge on any atom is -0.390 e. The summed E-state index contributed by atoms with van der Waals surface area (Å²) >= 11 is 5.95. The molecule has 21 heavy (non-hydrogen) atoms. The molecule has 1 N–H and O–H groups in total. The van der Waals surface area contributed by atoms with E-state index in [9.17, 15) is 9.90 Å². The van der Waals surface area contributed by atoms with Crippen LogP contribution >= 0.6 is 11.6 Å². The molecule has 0 radical (unpaired) electrons. The molecule has 1 heterocycles. The lowest BCUT2D eigenvalue weighted by atomic mass is 10.1. The van der Waals surface area contributed by atoms with Gasteiger partial charge in [-0.3, -0.25) is 4.79 Å². The van der Waals surface area contributed by atoms with Crippen LogP contribution < -0.4 is 5.56 Å². The Morgan fingerprint density at radius 3 is 2.57 bits per heavy atom. The van der Waals surface area contributed by atoms with E-state index < -0.39 is 0 Å². The van der Waals surface area contributed by atoms with E-state index in [4.69, 9.17) is 11.6 Å². The van der Waals surface area contributed by atoms with Crippen LogP contribution in [0.25, 0.3) is 10.8 Å². The molecule has 0 bridgehead atoms. The van der Waals surface area contributed by atoms with E-state index in [2.05, 4.69) is 5.10 Å². The lowest BCUT2D eigenvalue weighted by Crippen LogP contribution is -2.25. The molecule has 0 fully saturated rings. The summed E-state index contributed by atoms with van der Waals surface area (Å²) in [4.78, 5) is 12.5. The number of benzene rings is 2. The van der Waals surface area contributed by atoms with Crippen molar-refractivity contribution in [2.45, 2.75) is 13.2 Å². The summed E-state index contributed by atoms with van der Waals surface area (Å²) in [6.07, 6.45) is 0. The maximum atomic E-state index is 12.5. The molecule has 5 heteroatoms. The number of hydrogen-bond acceptors (Lipinski definition) is 3. The van der Waals surface area contributed by atoms with Gasteiger partial charge in [-0.15, -0.1) is 0 Å². The van der Waals surface area contributed by atoms with Crippen LogP contribution in [0.5, 0.6) is 0 Å². The Balaban J connectivity index is 2.18. The molecule has 0 atom stereocenters. The zero-order chi connectivity index (χ0) is 14.8. The topological polar surface area (TPSA) is 55.1 Å². The first-order valence-electron chi connectivity index (χ1n) is 6.53. The predicted octanol–water partition coefficient (Wildman–Crippen LogP) is 2.59. The van der Waals surface area contributed by atoms with Crippen LogP contribution in [0.3, 0.4) is 0 Å². The van der Waals surface area contributed by atoms with Gasteiger partial charge in [-0.1, -0.05) is 41.9 Å². The third-order valence-electron chi connectivity index (χ3n) is 3.32. The molecule has 0 aliphatic heterocycles. The number of fused-ring (bicyclic) bond motifs is 1. The van der Waals surface area contributed by atoms with Crippen LogP contribution in [0.15, 0.2) is 53.3 Å². The maximum Gasteiger partial charge on any atom is 0.274 e. The molecule has 1 aromatic heterocycles. The molecule has 106 valence electrons. The number of aliphatic hydroxyl groups excluding tert-OH is 1. The molecule has 0 amide bonds. The number of halogens is 1. The van der Waals surface area contributed by atoms with E-state index in [1.807, 2.05) is 30.3 Å². The van der Waals surface area contributed by atoms with E-state index >= 15 is 0 Å². The van der Waals surface area contributed by atoms with Crippen molar-refractivity contribution >= 4 is 22.4 Å². The predicted molar refractivity (Wildman–Crippen MR) is 82.5 cm³/mol. The fourth-order valence-electron chi connectivity index (χ4n) is 2.31. The van der Waals surface area contributed by atoms with Gasteiger partial charge in [0.2, 0.25) is 0 Å². The Kier molecular flexibility index (Phi) is 3.73. The molecule has 3 aromatic rings. The Labute approximate surface area is 126 Å². The molecule has 0 saturated carbocycles. The lowest BCUT2D eigenvalue weighted by molar-refractivity contribution is 0.275. The highest BCUT2D eigenvalue weighted by molar-refractivity contribution is 6.31. The van der Waals surface area contributed by atoms with E-state index in [-0.39, 0.29) is 12.2 Å². The van der Waals surface area contributed by atoms with Crippen molar-refractivity contribution < 1.29 is 5.11 Å². The molecular formula is C16H13ClN2O2. The van der Waals surface area contributed by atoms with Crippen LogP contribution in [0.4, 0.5) is 0 Å². The fraction of sp³-hybridized carbons (Fsp3) is 0.125. The van der Waals surface area contributed by atoms with Crippen molar-refractivity contribution in [1.29, 1.82) is 0 Å². The van der Waals surface area contributed by atoms with Crippen molar-refractivity contribution in [3.8, 4) is 0 Å². The maximum absolute atomic E-state index is 12.5. The average molecular weight is 301 g/mol. The minimum absolute atomic E-state index is 0.192. The van der Waals surface area contributed by atoms with Gasteiger partial charge in [0.05, 0.1) is 24.2 Å². The largest absolute Gasteiger partial charge is 0.390 e. The Hall–Kier alpha value is -2.17. The Morgan fingerprint density at radius 2 is 1.86 bits per heavy atom. The van der Waals surface area contributed by atoms with E-state index in [1.54, 1.807) is 18.2 Å². The zero-order valence-electron chi connectivity index (χ0n) is 11.2. The molecule has 0 saturated heterocycles. The summed E-state index contributed by atoms with van der Waals surface area (Å²) in [7, 11) is 0. The summed E-state index contributed by atoms with van der Waals surface area (Å²) in [5.41, 5.74) is 1.23. The van der Waals surface area contributed by atoms with Gasteiger partial charge in [0.25, 0.3) is 5.56 Å². The number of rotatable bonds is 3. The molecule has 4 nitrogen and oxygen atoms in total. The van der Waals surface area contributed by atoms with Gasteiger partial charge in [-0.25, -0.2) is 4.68 Å². The fourth-order valence-corrected chi connectivity index (χ4v) is 2.48. The molecule has 0 unspecified atom stereocenters. The highest BCUT2D eigenvalue weighted by Gasteiger charge is 2.10. The SMILES string of the molecule is O=c1c2ccc(Cl)cc2c(CO)nn1Cc1ccccc1. The van der Waals surface area contributed by atoms with Gasteiger partial charge in [-0.05, 0) is 23.8 Å². The van der Waals surface area contributed by atoms with Crippen LogP contribution in [-0.4, -0.2) is 14.9 Å². The molecule has 0 spiro atoms. The zero-order valence-corrected chi connectivity index (χ0v) is 11.9. The average Bonchev–Trinajstić information content (AvgIpc) is 2.51. The van der Waals surface area contributed by atoms with Gasteiger partial charge in [0, 0.05) is 10.4 Å². The van der Waals surface area contributed by atoms with E-state index in [0.29, 0.717) is 28.0 Å². The number of nitrogens with zero attached hydrogens (tertiary/aromatic N) is 2. The van der Waals surface area contributed by atoms with Crippen molar-refractivity contribution in [3.63, 3.8) is 0 Å². The second kappa shape index (κ2) is 5.68. The molecular weight excluding hydrogens is 288 g/mol.